The van der Waals surface area contributed by atoms with Crippen molar-refractivity contribution in [3.05, 3.63) is 0 Å². The van der Waals surface area contributed by atoms with Crippen molar-refractivity contribution in [3.8, 4) is 0 Å². The minimum atomic E-state index is 0. The highest BCUT2D eigenvalue weighted by Gasteiger charge is 1.99. The lowest BCUT2D eigenvalue weighted by molar-refractivity contribution is 0.476. The van der Waals surface area contributed by atoms with E-state index < -0.39 is 0 Å². The average molecular weight is 131 g/mol. The van der Waals surface area contributed by atoms with E-state index in [0.717, 1.165) is 12.6 Å². The lowest BCUT2D eigenvalue weighted by Gasteiger charge is -2.13. The predicted octanol–water partition coefficient (Wildman–Crippen LogP) is 2.42. The van der Waals surface area contributed by atoms with Gasteiger partial charge in [0.25, 0.3) is 0 Å². The molecule has 0 aromatic carbocycles. The van der Waals surface area contributed by atoms with Gasteiger partial charge in [-0.3, -0.25) is 0 Å². The SMILES string of the molecule is CCCC(CC)NCC.[HH]. The zero-order chi connectivity index (χ0) is 7.11. The third-order valence-electron chi connectivity index (χ3n) is 1.62. The van der Waals surface area contributed by atoms with Crippen LogP contribution in [0.3, 0.4) is 0 Å². The molecule has 0 saturated carbocycles. The standard InChI is InChI=1S/C8H19N.H2/c1-4-7-8(5-2)9-6-3;/h8-9H,4-7H2,1-3H3;1H. The molecule has 0 aromatic rings. The van der Waals surface area contributed by atoms with Crippen LogP contribution in [0.1, 0.15) is 41.5 Å². The van der Waals surface area contributed by atoms with Gasteiger partial charge in [0, 0.05) is 7.47 Å². The van der Waals surface area contributed by atoms with E-state index in [-0.39, 0.29) is 1.43 Å². The molecular weight excluding hydrogens is 110 g/mol. The first-order valence-corrected chi connectivity index (χ1v) is 4.08. The van der Waals surface area contributed by atoms with Crippen LogP contribution in [0, 0.1) is 0 Å². The summed E-state index contributed by atoms with van der Waals surface area (Å²) in [6, 6.07) is 0.764. The lowest BCUT2D eigenvalue weighted by Crippen LogP contribution is -2.27. The molecule has 0 heterocycles. The Balaban J connectivity index is 0. The fourth-order valence-corrected chi connectivity index (χ4v) is 1.09. The molecule has 1 heteroatoms. The van der Waals surface area contributed by atoms with Gasteiger partial charge in [0.2, 0.25) is 0 Å². The van der Waals surface area contributed by atoms with E-state index in [9.17, 15) is 0 Å². The van der Waals surface area contributed by atoms with Gasteiger partial charge >= 0.3 is 0 Å². The van der Waals surface area contributed by atoms with Crippen LogP contribution in [0.15, 0.2) is 0 Å². The predicted molar refractivity (Wildman–Crippen MR) is 44.8 cm³/mol. The van der Waals surface area contributed by atoms with Gasteiger partial charge in [-0.1, -0.05) is 27.2 Å². The second kappa shape index (κ2) is 6.09. The maximum atomic E-state index is 3.43. The van der Waals surface area contributed by atoms with Crippen molar-refractivity contribution >= 4 is 0 Å². The Morgan fingerprint density at radius 1 is 1.33 bits per heavy atom. The molecule has 0 aromatic heterocycles. The third kappa shape index (κ3) is 4.46. The van der Waals surface area contributed by atoms with Crippen molar-refractivity contribution < 1.29 is 1.43 Å². The van der Waals surface area contributed by atoms with Gasteiger partial charge in [-0.05, 0) is 19.4 Å². The summed E-state index contributed by atoms with van der Waals surface area (Å²) in [5, 5.41) is 3.43. The summed E-state index contributed by atoms with van der Waals surface area (Å²) in [4.78, 5) is 0. The first kappa shape index (κ1) is 8.96. The van der Waals surface area contributed by atoms with Crippen molar-refractivity contribution in [2.75, 3.05) is 6.54 Å². The van der Waals surface area contributed by atoms with E-state index in [2.05, 4.69) is 26.1 Å². The molecule has 0 radical (unpaired) electrons. The van der Waals surface area contributed by atoms with Gasteiger partial charge in [-0.2, -0.15) is 0 Å². The van der Waals surface area contributed by atoms with Crippen LogP contribution >= 0.6 is 0 Å². The van der Waals surface area contributed by atoms with Crippen molar-refractivity contribution in [3.63, 3.8) is 0 Å². The molecule has 0 aliphatic rings. The third-order valence-corrected chi connectivity index (χ3v) is 1.62. The summed E-state index contributed by atoms with van der Waals surface area (Å²) in [6.45, 7) is 7.75. The normalized spacial score (nSPS) is 13.7. The minimum Gasteiger partial charge on any atom is -0.314 e. The highest BCUT2D eigenvalue weighted by atomic mass is 14.9. The fourth-order valence-electron chi connectivity index (χ4n) is 1.09. The largest absolute Gasteiger partial charge is 0.314 e. The van der Waals surface area contributed by atoms with Gasteiger partial charge in [0.05, 0.1) is 0 Å². The Bertz CT molecular complexity index is 51.2. The molecule has 0 bridgehead atoms. The van der Waals surface area contributed by atoms with Crippen molar-refractivity contribution in [1.29, 1.82) is 0 Å². The zero-order valence-corrected chi connectivity index (χ0v) is 6.91. The molecule has 58 valence electrons. The number of hydrogen-bond acceptors (Lipinski definition) is 1. The molecule has 0 aliphatic carbocycles. The lowest BCUT2D eigenvalue weighted by atomic mass is 10.1. The maximum absolute atomic E-state index is 3.43. The Hall–Kier alpha value is -0.0400. The molecule has 0 amide bonds. The molecule has 0 fully saturated rings. The van der Waals surface area contributed by atoms with Crippen molar-refractivity contribution in [2.24, 2.45) is 0 Å². The Labute approximate surface area is 60.3 Å². The van der Waals surface area contributed by atoms with Gasteiger partial charge in [-0.25, -0.2) is 0 Å². The molecule has 0 rings (SSSR count). The van der Waals surface area contributed by atoms with Crippen molar-refractivity contribution in [2.45, 2.75) is 46.1 Å². The summed E-state index contributed by atoms with van der Waals surface area (Å²) in [5.41, 5.74) is 0. The van der Waals surface area contributed by atoms with E-state index in [1.165, 1.54) is 19.3 Å². The molecule has 1 N–H and O–H groups in total. The van der Waals surface area contributed by atoms with Gasteiger partial charge in [0.15, 0.2) is 0 Å². The molecule has 9 heavy (non-hydrogen) atoms. The highest BCUT2D eigenvalue weighted by molar-refractivity contribution is 4.61. The average Bonchev–Trinajstić information content (AvgIpc) is 1.88. The summed E-state index contributed by atoms with van der Waals surface area (Å²) < 4.78 is 0. The fraction of sp³-hybridized carbons (Fsp3) is 1.00. The summed E-state index contributed by atoms with van der Waals surface area (Å²) in [5.74, 6) is 0. The molecule has 0 saturated heterocycles. The van der Waals surface area contributed by atoms with E-state index in [4.69, 9.17) is 0 Å². The van der Waals surface area contributed by atoms with E-state index in [1.807, 2.05) is 0 Å². The second-order valence-corrected chi connectivity index (χ2v) is 2.45. The summed E-state index contributed by atoms with van der Waals surface area (Å²) in [7, 11) is 0. The van der Waals surface area contributed by atoms with Crippen LogP contribution in [-0.4, -0.2) is 12.6 Å². The van der Waals surface area contributed by atoms with Gasteiger partial charge in [0.1, 0.15) is 0 Å². The Morgan fingerprint density at radius 2 is 2.00 bits per heavy atom. The van der Waals surface area contributed by atoms with E-state index >= 15 is 0 Å². The zero-order valence-electron chi connectivity index (χ0n) is 6.91. The minimum absolute atomic E-state index is 0. The molecule has 1 atom stereocenters. The second-order valence-electron chi connectivity index (χ2n) is 2.45. The highest BCUT2D eigenvalue weighted by Crippen LogP contribution is 1.99. The quantitative estimate of drug-likeness (QED) is 0.604. The van der Waals surface area contributed by atoms with Crippen LogP contribution in [-0.2, 0) is 0 Å². The van der Waals surface area contributed by atoms with E-state index in [1.54, 1.807) is 0 Å². The topological polar surface area (TPSA) is 12.0 Å². The van der Waals surface area contributed by atoms with Crippen LogP contribution in [0.2, 0.25) is 0 Å². The number of rotatable bonds is 5. The van der Waals surface area contributed by atoms with Crippen molar-refractivity contribution in [1.82, 2.24) is 5.32 Å². The molecule has 1 unspecified atom stereocenters. The number of nitrogens with one attached hydrogen (secondary N) is 1. The molecule has 1 nitrogen and oxygen atoms in total. The Kier molecular flexibility index (Phi) is 6.06. The Morgan fingerprint density at radius 3 is 2.33 bits per heavy atom. The smallest absolute Gasteiger partial charge is 0.00642 e. The number of hydrogen-bond donors (Lipinski definition) is 1. The molecule has 0 spiro atoms. The van der Waals surface area contributed by atoms with Crippen LogP contribution in [0.25, 0.3) is 0 Å². The summed E-state index contributed by atoms with van der Waals surface area (Å²) >= 11 is 0. The van der Waals surface area contributed by atoms with E-state index in [0.29, 0.717) is 0 Å². The molecule has 0 aliphatic heterocycles. The van der Waals surface area contributed by atoms with Crippen LogP contribution in [0.5, 0.6) is 0 Å². The maximum Gasteiger partial charge on any atom is 0.00642 e. The van der Waals surface area contributed by atoms with Crippen LogP contribution < -0.4 is 5.32 Å². The summed E-state index contributed by atoms with van der Waals surface area (Å²) in [6.07, 6.45) is 3.89. The van der Waals surface area contributed by atoms with Gasteiger partial charge < -0.3 is 5.32 Å². The first-order chi connectivity index (χ1) is 4.35. The monoisotopic (exact) mass is 131 g/mol. The first-order valence-electron chi connectivity index (χ1n) is 4.08. The molecular formula is C8H21N. The van der Waals surface area contributed by atoms with Crippen LogP contribution in [0.4, 0.5) is 0 Å². The van der Waals surface area contributed by atoms with Gasteiger partial charge in [-0.15, -0.1) is 0 Å².